The van der Waals surface area contributed by atoms with Gasteiger partial charge in [-0.3, -0.25) is 9.69 Å². The number of nitrogens with zero attached hydrogens (tertiary/aromatic N) is 3. The number of anilines is 2. The van der Waals surface area contributed by atoms with E-state index in [-0.39, 0.29) is 17.4 Å². The molecule has 0 unspecified atom stereocenters. The SMILES string of the molecule is Cc1ccc(Nc2ccc(F)c([C@@]3(C)N=C(N)N(C)C(=O)C3(C)C)c2)cc1C#N. The molecule has 0 bridgehead atoms. The second-order valence-corrected chi connectivity index (χ2v) is 7.99. The van der Waals surface area contributed by atoms with E-state index in [1.807, 2.05) is 19.1 Å². The highest BCUT2D eigenvalue weighted by Crippen LogP contribution is 2.47. The summed E-state index contributed by atoms with van der Waals surface area (Å²) in [6, 6.07) is 12.2. The predicted octanol–water partition coefficient (Wildman–Crippen LogP) is 3.78. The Morgan fingerprint density at radius 1 is 1.17 bits per heavy atom. The number of amides is 1. The fourth-order valence-electron chi connectivity index (χ4n) is 3.54. The van der Waals surface area contributed by atoms with Crippen LogP contribution in [-0.4, -0.2) is 23.8 Å². The van der Waals surface area contributed by atoms with E-state index in [1.54, 1.807) is 46.0 Å². The van der Waals surface area contributed by atoms with E-state index >= 15 is 0 Å². The maximum absolute atomic E-state index is 14.9. The van der Waals surface area contributed by atoms with E-state index in [9.17, 15) is 14.4 Å². The van der Waals surface area contributed by atoms with Crippen LogP contribution in [0.2, 0.25) is 0 Å². The van der Waals surface area contributed by atoms with Crippen molar-refractivity contribution in [3.05, 3.63) is 58.9 Å². The zero-order chi connectivity index (χ0) is 21.6. The van der Waals surface area contributed by atoms with Crippen molar-refractivity contribution in [3.8, 4) is 6.07 Å². The number of guanidine groups is 1. The first-order chi connectivity index (χ1) is 13.5. The van der Waals surface area contributed by atoms with Crippen molar-refractivity contribution in [3.63, 3.8) is 0 Å². The third-order valence-electron chi connectivity index (χ3n) is 5.88. The maximum atomic E-state index is 14.9. The molecule has 1 heterocycles. The van der Waals surface area contributed by atoms with Gasteiger partial charge in [-0.1, -0.05) is 6.07 Å². The molecule has 1 aliphatic rings. The molecule has 7 heteroatoms. The summed E-state index contributed by atoms with van der Waals surface area (Å²) < 4.78 is 14.9. The summed E-state index contributed by atoms with van der Waals surface area (Å²) in [5.41, 5.74) is 6.77. The van der Waals surface area contributed by atoms with Crippen LogP contribution in [0.5, 0.6) is 0 Å². The molecule has 0 saturated carbocycles. The van der Waals surface area contributed by atoms with E-state index in [2.05, 4.69) is 16.4 Å². The van der Waals surface area contributed by atoms with Crippen molar-refractivity contribution in [1.82, 2.24) is 4.90 Å². The average Bonchev–Trinajstić information content (AvgIpc) is 2.68. The number of nitriles is 1. The molecule has 1 aliphatic heterocycles. The first-order valence-corrected chi connectivity index (χ1v) is 9.22. The average molecular weight is 393 g/mol. The van der Waals surface area contributed by atoms with Crippen LogP contribution in [0.15, 0.2) is 41.4 Å². The molecule has 3 N–H and O–H groups in total. The zero-order valence-electron chi connectivity index (χ0n) is 17.2. The highest BCUT2D eigenvalue weighted by molar-refractivity contribution is 6.01. The van der Waals surface area contributed by atoms with Gasteiger partial charge in [0, 0.05) is 24.0 Å². The molecule has 2 aromatic rings. The van der Waals surface area contributed by atoms with Gasteiger partial charge < -0.3 is 11.1 Å². The lowest BCUT2D eigenvalue weighted by atomic mass is 9.67. The lowest BCUT2D eigenvalue weighted by Crippen LogP contribution is -2.58. The minimum absolute atomic E-state index is 0.0479. The van der Waals surface area contributed by atoms with E-state index in [0.29, 0.717) is 16.9 Å². The maximum Gasteiger partial charge on any atom is 0.237 e. The highest BCUT2D eigenvalue weighted by atomic mass is 19.1. The van der Waals surface area contributed by atoms with Gasteiger partial charge in [0.2, 0.25) is 5.91 Å². The van der Waals surface area contributed by atoms with Crippen LogP contribution in [0.1, 0.15) is 37.5 Å². The molecule has 0 fully saturated rings. The van der Waals surface area contributed by atoms with Gasteiger partial charge in [0.1, 0.15) is 11.4 Å². The number of nitrogens with two attached hydrogens (primary N) is 1. The summed E-state index contributed by atoms with van der Waals surface area (Å²) in [5, 5.41) is 12.4. The topological polar surface area (TPSA) is 94.5 Å². The summed E-state index contributed by atoms with van der Waals surface area (Å²) in [6.45, 7) is 7.05. The minimum atomic E-state index is -1.19. The van der Waals surface area contributed by atoms with Crippen LogP contribution in [0, 0.1) is 29.5 Å². The van der Waals surface area contributed by atoms with Gasteiger partial charge in [0.15, 0.2) is 5.96 Å². The minimum Gasteiger partial charge on any atom is -0.369 e. The van der Waals surface area contributed by atoms with Gasteiger partial charge in [-0.05, 0) is 63.6 Å². The molecule has 0 radical (unpaired) electrons. The number of rotatable bonds is 3. The molecule has 6 nitrogen and oxygen atoms in total. The molecule has 29 heavy (non-hydrogen) atoms. The molecule has 1 atom stereocenters. The molecular weight excluding hydrogens is 369 g/mol. The van der Waals surface area contributed by atoms with E-state index in [1.165, 1.54) is 11.0 Å². The fourth-order valence-corrected chi connectivity index (χ4v) is 3.54. The number of aryl methyl sites for hydroxylation is 1. The monoisotopic (exact) mass is 393 g/mol. The van der Waals surface area contributed by atoms with Crippen molar-refractivity contribution in [2.24, 2.45) is 16.1 Å². The number of carbonyl (C=O) groups is 1. The van der Waals surface area contributed by atoms with Crippen molar-refractivity contribution >= 4 is 23.2 Å². The number of carbonyl (C=O) groups excluding carboxylic acids is 1. The van der Waals surface area contributed by atoms with Crippen LogP contribution < -0.4 is 11.1 Å². The van der Waals surface area contributed by atoms with Crippen LogP contribution >= 0.6 is 0 Å². The third kappa shape index (κ3) is 3.21. The third-order valence-corrected chi connectivity index (χ3v) is 5.88. The first-order valence-electron chi connectivity index (χ1n) is 9.22. The number of nitrogens with one attached hydrogen (secondary N) is 1. The molecule has 150 valence electrons. The Morgan fingerprint density at radius 2 is 1.79 bits per heavy atom. The second-order valence-electron chi connectivity index (χ2n) is 7.99. The number of hydrogen-bond donors (Lipinski definition) is 2. The molecule has 3 rings (SSSR count). The van der Waals surface area contributed by atoms with Gasteiger partial charge in [0.05, 0.1) is 17.0 Å². The summed E-state index contributed by atoms with van der Waals surface area (Å²) in [5.74, 6) is -0.657. The van der Waals surface area contributed by atoms with Gasteiger partial charge in [-0.25, -0.2) is 9.38 Å². The van der Waals surface area contributed by atoms with Gasteiger partial charge in [-0.15, -0.1) is 0 Å². The molecule has 1 amide bonds. The van der Waals surface area contributed by atoms with Crippen molar-refractivity contribution in [2.75, 3.05) is 12.4 Å². The normalized spacial score (nSPS) is 20.8. The van der Waals surface area contributed by atoms with Crippen LogP contribution in [0.25, 0.3) is 0 Å². The van der Waals surface area contributed by atoms with Crippen molar-refractivity contribution < 1.29 is 9.18 Å². The Morgan fingerprint density at radius 3 is 2.45 bits per heavy atom. The first kappa shape index (κ1) is 20.3. The molecule has 0 aliphatic carbocycles. The number of hydrogen-bond acceptors (Lipinski definition) is 5. The molecule has 0 aromatic heterocycles. The second kappa shape index (κ2) is 6.89. The standard InChI is InChI=1S/C22H24FN5O/c1-13-6-7-15(10-14(13)12-24)26-16-8-9-18(23)17(11-16)22(4)21(2,3)19(29)28(5)20(25)27-22/h6-11,26H,1-5H3,(H2,25,27)/t22-/m1/s1. The van der Waals surface area contributed by atoms with Gasteiger partial charge in [-0.2, -0.15) is 5.26 Å². The van der Waals surface area contributed by atoms with Gasteiger partial charge in [0.25, 0.3) is 0 Å². The van der Waals surface area contributed by atoms with Crippen molar-refractivity contribution in [1.29, 1.82) is 5.26 Å². The Balaban J connectivity index is 2.08. The zero-order valence-corrected chi connectivity index (χ0v) is 17.2. The lowest BCUT2D eigenvalue weighted by molar-refractivity contribution is -0.140. The van der Waals surface area contributed by atoms with E-state index in [0.717, 1.165) is 5.56 Å². The van der Waals surface area contributed by atoms with E-state index in [4.69, 9.17) is 5.73 Å². The summed E-state index contributed by atoms with van der Waals surface area (Å²) in [7, 11) is 1.56. The van der Waals surface area contributed by atoms with Crippen LogP contribution in [0.4, 0.5) is 15.8 Å². The summed E-state index contributed by atoms with van der Waals surface area (Å²) in [6.07, 6.45) is 0. The molecular formula is C22H24FN5O. The highest BCUT2D eigenvalue weighted by Gasteiger charge is 2.53. The van der Waals surface area contributed by atoms with Crippen LogP contribution in [0.3, 0.4) is 0 Å². The molecule has 2 aromatic carbocycles. The quantitative estimate of drug-likeness (QED) is 0.830. The number of benzene rings is 2. The Hall–Kier alpha value is -3.40. The number of halogens is 1. The smallest absolute Gasteiger partial charge is 0.237 e. The van der Waals surface area contributed by atoms with Crippen LogP contribution in [-0.2, 0) is 10.3 Å². The Kier molecular flexibility index (Phi) is 4.83. The number of aliphatic imine (C=N–C) groups is 1. The summed E-state index contributed by atoms with van der Waals surface area (Å²) >= 11 is 0. The Bertz CT molecular complexity index is 1070. The lowest BCUT2D eigenvalue weighted by Gasteiger charge is -2.46. The summed E-state index contributed by atoms with van der Waals surface area (Å²) in [4.78, 5) is 18.6. The molecule has 0 spiro atoms. The van der Waals surface area contributed by atoms with Gasteiger partial charge >= 0.3 is 0 Å². The molecule has 0 saturated heterocycles. The largest absolute Gasteiger partial charge is 0.369 e. The van der Waals surface area contributed by atoms with E-state index < -0.39 is 16.8 Å². The fraction of sp³-hybridized carbons (Fsp3) is 0.318. The van der Waals surface area contributed by atoms with Crippen molar-refractivity contribution in [2.45, 2.75) is 33.2 Å². The Labute approximate surface area is 169 Å². The predicted molar refractivity (Wildman–Crippen MR) is 111 cm³/mol.